The van der Waals surface area contributed by atoms with E-state index < -0.39 is 6.08 Å². The van der Waals surface area contributed by atoms with Crippen molar-refractivity contribution in [2.45, 2.75) is 26.8 Å². The molecule has 0 atom stereocenters. The maximum absolute atomic E-state index is 14.0. The second-order valence-electron chi connectivity index (χ2n) is 8.38. The number of anilines is 1. The van der Waals surface area contributed by atoms with Crippen LogP contribution in [0.5, 0.6) is 11.5 Å². The molecule has 1 aliphatic rings. The van der Waals surface area contributed by atoms with Crippen LogP contribution in [-0.2, 0) is 13.0 Å². The van der Waals surface area contributed by atoms with Gasteiger partial charge in [0.05, 0.1) is 12.5 Å². The molecule has 0 radical (unpaired) electrons. The van der Waals surface area contributed by atoms with Crippen molar-refractivity contribution >= 4 is 17.0 Å². The second-order valence-corrected chi connectivity index (χ2v) is 8.38. The maximum atomic E-state index is 14.0. The van der Waals surface area contributed by atoms with E-state index in [1.54, 1.807) is 12.5 Å². The monoisotopic (exact) mass is 452 g/mol. The maximum Gasteiger partial charge on any atom is 0.312 e. The summed E-state index contributed by atoms with van der Waals surface area (Å²) in [6.45, 7) is 6.57. The van der Waals surface area contributed by atoms with Crippen molar-refractivity contribution in [1.29, 1.82) is 0 Å². The number of nitrogens with zero attached hydrogens (tertiary/aromatic N) is 4. The normalized spacial score (nSPS) is 12.8. The van der Waals surface area contributed by atoms with Gasteiger partial charge in [0.2, 0.25) is 6.79 Å². The number of furan rings is 1. The molecule has 0 unspecified atom stereocenters. The highest BCUT2D eigenvalue weighted by molar-refractivity contribution is 5.82. The third kappa shape index (κ3) is 4.21. The Hall–Kier alpha value is -3.66. The van der Waals surface area contributed by atoms with Gasteiger partial charge in [-0.3, -0.25) is 0 Å². The van der Waals surface area contributed by atoms with Gasteiger partial charge in [0.15, 0.2) is 28.5 Å². The standard InChI is InChI=1S/C23H25FN6O3/c1-13(2)10-26-4-5-30-19(27-20-21(25)28-23(24)29-22(20)30)8-15-7-17-18(33-12-32-17)9-16(15)14-3-6-31-11-14/h3,6-7,9,11,13,26H,4-5,8,10,12H2,1-2H3,(H2,25,28,29). The summed E-state index contributed by atoms with van der Waals surface area (Å²) in [4.78, 5) is 12.3. The Balaban J connectivity index is 1.56. The number of ether oxygens (including phenoxy) is 2. The van der Waals surface area contributed by atoms with Crippen molar-refractivity contribution in [2.24, 2.45) is 5.92 Å². The lowest BCUT2D eigenvalue weighted by molar-refractivity contribution is 0.174. The number of nitrogens with one attached hydrogen (secondary N) is 1. The molecular formula is C23H25FN6O3. The van der Waals surface area contributed by atoms with Gasteiger partial charge < -0.3 is 29.5 Å². The lowest BCUT2D eigenvalue weighted by atomic mass is 9.98. The van der Waals surface area contributed by atoms with Crippen LogP contribution in [-0.4, -0.2) is 39.4 Å². The SMILES string of the molecule is CC(C)CNCCn1c(Cc2cc3c(cc2-c2ccoc2)OCO3)nc2c(N)nc(F)nc21. The van der Waals surface area contributed by atoms with Gasteiger partial charge in [-0.25, -0.2) is 4.98 Å². The zero-order chi connectivity index (χ0) is 22.9. The number of imidazole rings is 1. The molecule has 4 aromatic rings. The molecule has 172 valence electrons. The highest BCUT2D eigenvalue weighted by atomic mass is 19.1. The summed E-state index contributed by atoms with van der Waals surface area (Å²) < 4.78 is 32.4. The Bertz CT molecular complexity index is 1290. The van der Waals surface area contributed by atoms with Crippen LogP contribution in [0, 0.1) is 12.0 Å². The molecule has 0 bridgehead atoms. The van der Waals surface area contributed by atoms with E-state index in [1.807, 2.05) is 22.8 Å². The molecule has 1 aliphatic heterocycles. The van der Waals surface area contributed by atoms with E-state index in [-0.39, 0.29) is 12.6 Å². The lowest BCUT2D eigenvalue weighted by Gasteiger charge is -2.13. The summed E-state index contributed by atoms with van der Waals surface area (Å²) in [5.74, 6) is 2.59. The van der Waals surface area contributed by atoms with Gasteiger partial charge >= 0.3 is 6.08 Å². The molecule has 0 saturated heterocycles. The average Bonchev–Trinajstić information content (AvgIpc) is 3.51. The van der Waals surface area contributed by atoms with E-state index in [9.17, 15) is 4.39 Å². The molecule has 3 N–H and O–H groups in total. The van der Waals surface area contributed by atoms with Crippen molar-refractivity contribution in [3.63, 3.8) is 0 Å². The molecular weight excluding hydrogens is 427 g/mol. The van der Waals surface area contributed by atoms with Crippen LogP contribution in [0.4, 0.5) is 10.2 Å². The number of hydrogen-bond acceptors (Lipinski definition) is 8. The van der Waals surface area contributed by atoms with E-state index in [4.69, 9.17) is 24.6 Å². The van der Waals surface area contributed by atoms with Crippen molar-refractivity contribution in [3.05, 3.63) is 48.2 Å². The van der Waals surface area contributed by atoms with Crippen LogP contribution in [0.2, 0.25) is 0 Å². The van der Waals surface area contributed by atoms with Crippen LogP contribution in [0.25, 0.3) is 22.3 Å². The van der Waals surface area contributed by atoms with Crippen LogP contribution < -0.4 is 20.5 Å². The molecule has 0 fully saturated rings. The first-order chi connectivity index (χ1) is 16.0. The minimum atomic E-state index is -0.870. The summed E-state index contributed by atoms with van der Waals surface area (Å²) in [5, 5.41) is 3.41. The zero-order valence-electron chi connectivity index (χ0n) is 18.5. The number of hydrogen-bond donors (Lipinski definition) is 2. The van der Waals surface area contributed by atoms with Crippen molar-refractivity contribution < 1.29 is 18.3 Å². The molecule has 1 aromatic carbocycles. The topological polar surface area (TPSA) is 113 Å². The van der Waals surface area contributed by atoms with E-state index >= 15 is 0 Å². The van der Waals surface area contributed by atoms with Gasteiger partial charge in [-0.05, 0) is 41.8 Å². The number of halogens is 1. The van der Waals surface area contributed by atoms with Crippen LogP contribution in [0.15, 0.2) is 35.1 Å². The van der Waals surface area contributed by atoms with Gasteiger partial charge in [0.25, 0.3) is 0 Å². The molecule has 33 heavy (non-hydrogen) atoms. The Morgan fingerprint density at radius 1 is 1.18 bits per heavy atom. The quantitative estimate of drug-likeness (QED) is 0.309. The van der Waals surface area contributed by atoms with Crippen LogP contribution in [0.3, 0.4) is 0 Å². The molecule has 4 heterocycles. The number of nitrogens with two attached hydrogens (primary N) is 1. The van der Waals surface area contributed by atoms with Gasteiger partial charge in [0, 0.05) is 25.1 Å². The fourth-order valence-corrected chi connectivity index (χ4v) is 3.98. The van der Waals surface area contributed by atoms with E-state index in [0.717, 1.165) is 23.2 Å². The molecule has 0 aliphatic carbocycles. The Kier molecular flexibility index (Phi) is 5.59. The number of rotatable bonds is 8. The first kappa shape index (κ1) is 21.2. The third-order valence-corrected chi connectivity index (χ3v) is 5.52. The minimum absolute atomic E-state index is 0.0217. The number of nitrogen functional groups attached to an aromatic ring is 1. The van der Waals surface area contributed by atoms with Gasteiger partial charge in [-0.2, -0.15) is 14.4 Å². The first-order valence-corrected chi connectivity index (χ1v) is 10.8. The average molecular weight is 452 g/mol. The predicted molar refractivity (Wildman–Crippen MR) is 120 cm³/mol. The third-order valence-electron chi connectivity index (χ3n) is 5.52. The van der Waals surface area contributed by atoms with Gasteiger partial charge in [0.1, 0.15) is 5.82 Å². The van der Waals surface area contributed by atoms with E-state index in [2.05, 4.69) is 29.1 Å². The summed E-state index contributed by atoms with van der Waals surface area (Å²) >= 11 is 0. The smallest absolute Gasteiger partial charge is 0.312 e. The molecule has 9 nitrogen and oxygen atoms in total. The Labute approximate surface area is 189 Å². The molecule has 3 aromatic heterocycles. The van der Waals surface area contributed by atoms with E-state index in [0.29, 0.717) is 53.9 Å². The molecule has 0 amide bonds. The second kappa shape index (κ2) is 8.70. The molecule has 10 heteroatoms. The summed E-state index contributed by atoms with van der Waals surface area (Å²) in [6, 6.07) is 5.77. The highest BCUT2D eigenvalue weighted by Crippen LogP contribution is 2.40. The van der Waals surface area contributed by atoms with Crippen LogP contribution >= 0.6 is 0 Å². The lowest BCUT2D eigenvalue weighted by Crippen LogP contribution is -2.25. The van der Waals surface area contributed by atoms with Crippen LogP contribution in [0.1, 0.15) is 25.2 Å². The van der Waals surface area contributed by atoms with Crippen molar-refractivity contribution in [3.8, 4) is 22.6 Å². The predicted octanol–water partition coefficient (Wildman–Crippen LogP) is 3.37. The molecule has 5 rings (SSSR count). The van der Waals surface area contributed by atoms with Crippen molar-refractivity contribution in [1.82, 2.24) is 24.8 Å². The zero-order valence-corrected chi connectivity index (χ0v) is 18.5. The number of fused-ring (bicyclic) bond motifs is 2. The summed E-state index contributed by atoms with van der Waals surface area (Å²) in [7, 11) is 0. The Morgan fingerprint density at radius 3 is 2.76 bits per heavy atom. The molecule has 0 saturated carbocycles. The fraction of sp³-hybridized carbons (Fsp3) is 0.348. The minimum Gasteiger partial charge on any atom is -0.472 e. The van der Waals surface area contributed by atoms with E-state index in [1.165, 1.54) is 0 Å². The summed E-state index contributed by atoms with van der Waals surface area (Å²) in [5.41, 5.74) is 9.56. The number of benzene rings is 1. The highest BCUT2D eigenvalue weighted by Gasteiger charge is 2.22. The first-order valence-electron chi connectivity index (χ1n) is 10.8. The fourth-order valence-electron chi connectivity index (χ4n) is 3.98. The van der Waals surface area contributed by atoms with Gasteiger partial charge in [-0.1, -0.05) is 13.8 Å². The Morgan fingerprint density at radius 2 is 2.00 bits per heavy atom. The molecule has 0 spiro atoms. The largest absolute Gasteiger partial charge is 0.472 e. The summed E-state index contributed by atoms with van der Waals surface area (Å²) in [6.07, 6.45) is 2.88. The number of aromatic nitrogens is 4. The van der Waals surface area contributed by atoms with Gasteiger partial charge in [-0.15, -0.1) is 0 Å². The van der Waals surface area contributed by atoms with Crippen molar-refractivity contribution in [2.75, 3.05) is 25.6 Å².